The molecule has 0 saturated carbocycles. The summed E-state index contributed by atoms with van der Waals surface area (Å²) in [6, 6.07) is 15.1. The van der Waals surface area contributed by atoms with E-state index in [2.05, 4.69) is 45.7 Å². The number of benzene rings is 1. The van der Waals surface area contributed by atoms with Gasteiger partial charge in [0.05, 0.1) is 30.8 Å². The van der Waals surface area contributed by atoms with Crippen LogP contribution in [0.2, 0.25) is 0 Å². The highest BCUT2D eigenvalue weighted by Crippen LogP contribution is 2.43. The van der Waals surface area contributed by atoms with E-state index in [0.717, 1.165) is 23.3 Å². The lowest BCUT2D eigenvalue weighted by Gasteiger charge is -2.30. The van der Waals surface area contributed by atoms with Crippen molar-refractivity contribution < 1.29 is 13.2 Å². The Labute approximate surface area is 199 Å². The molecule has 4 rings (SSSR count). The lowest BCUT2D eigenvalue weighted by Crippen LogP contribution is -2.30. The minimum absolute atomic E-state index is 0.195. The van der Waals surface area contributed by atoms with Gasteiger partial charge in [0.1, 0.15) is 11.8 Å². The van der Waals surface area contributed by atoms with Crippen molar-refractivity contribution in [1.29, 1.82) is 0 Å². The maximum atomic E-state index is 11.9. The summed E-state index contributed by atoms with van der Waals surface area (Å²) >= 11 is 5.78. The van der Waals surface area contributed by atoms with Crippen LogP contribution in [-0.2, 0) is 10.0 Å². The Morgan fingerprint density at radius 1 is 1.18 bits per heavy atom. The summed E-state index contributed by atoms with van der Waals surface area (Å²) in [7, 11) is -2.00. The van der Waals surface area contributed by atoms with Gasteiger partial charge < -0.3 is 19.5 Å². The van der Waals surface area contributed by atoms with E-state index in [4.69, 9.17) is 17.0 Å². The second kappa shape index (κ2) is 9.03. The van der Waals surface area contributed by atoms with Crippen molar-refractivity contribution in [1.82, 2.24) is 14.9 Å². The molecule has 8 nitrogen and oxygen atoms in total. The summed E-state index contributed by atoms with van der Waals surface area (Å²) in [5.74, 6) is 0.422. The Morgan fingerprint density at radius 3 is 2.61 bits per heavy atom. The van der Waals surface area contributed by atoms with Crippen LogP contribution in [-0.4, -0.2) is 36.4 Å². The lowest BCUT2D eigenvalue weighted by atomic mass is 10.0. The topological polar surface area (TPSA) is 88.5 Å². The molecule has 1 aliphatic rings. The van der Waals surface area contributed by atoms with E-state index < -0.39 is 10.0 Å². The first-order valence-electron chi connectivity index (χ1n) is 10.5. The number of hydrogen-bond acceptors (Lipinski definition) is 5. The van der Waals surface area contributed by atoms with Gasteiger partial charge in [-0.2, -0.15) is 0 Å². The minimum Gasteiger partial charge on any atom is -0.495 e. The van der Waals surface area contributed by atoms with Crippen molar-refractivity contribution in [3.8, 4) is 5.75 Å². The third-order valence-corrected chi connectivity index (χ3v) is 6.43. The van der Waals surface area contributed by atoms with Gasteiger partial charge >= 0.3 is 0 Å². The highest BCUT2D eigenvalue weighted by atomic mass is 32.2. The average Bonchev–Trinajstić information content (AvgIpc) is 3.37. The summed E-state index contributed by atoms with van der Waals surface area (Å²) in [6.45, 7) is 4.26. The monoisotopic (exact) mass is 485 g/mol. The van der Waals surface area contributed by atoms with Gasteiger partial charge in [0.25, 0.3) is 0 Å². The standard InChI is InChI=1S/C23H27N5O3S2/c1-15(2)27-13-7-9-19(27)22-21(17-8-5-6-12-24-17)25-23(32)28(22)16-10-11-20(31-3)18(14-16)26-33(4,29)30/h5-15,21-22,26H,1-4H3,(H,25,32)/t21-,22+/m0/s1. The zero-order chi connectivity index (χ0) is 23.8. The molecule has 0 radical (unpaired) electrons. The number of nitrogens with zero attached hydrogens (tertiary/aromatic N) is 3. The highest BCUT2D eigenvalue weighted by molar-refractivity contribution is 7.92. The van der Waals surface area contributed by atoms with Crippen LogP contribution in [0.5, 0.6) is 5.75 Å². The van der Waals surface area contributed by atoms with Crippen molar-refractivity contribution in [2.75, 3.05) is 23.0 Å². The van der Waals surface area contributed by atoms with Gasteiger partial charge in [0.2, 0.25) is 10.0 Å². The molecular weight excluding hydrogens is 458 g/mol. The number of nitrogens with one attached hydrogen (secondary N) is 2. The van der Waals surface area contributed by atoms with Crippen LogP contribution in [0.3, 0.4) is 0 Å². The highest BCUT2D eigenvalue weighted by Gasteiger charge is 2.42. The van der Waals surface area contributed by atoms with Crippen molar-refractivity contribution in [3.05, 3.63) is 72.3 Å². The Kier molecular flexibility index (Phi) is 6.31. The second-order valence-electron chi connectivity index (χ2n) is 8.19. The van der Waals surface area contributed by atoms with E-state index in [0.29, 0.717) is 16.5 Å². The van der Waals surface area contributed by atoms with Crippen molar-refractivity contribution in [2.24, 2.45) is 0 Å². The molecule has 0 unspecified atom stereocenters. The molecule has 1 fully saturated rings. The Balaban J connectivity index is 1.86. The fourth-order valence-electron chi connectivity index (χ4n) is 4.19. The first-order valence-corrected chi connectivity index (χ1v) is 12.8. The molecule has 3 aromatic rings. The van der Waals surface area contributed by atoms with Crippen LogP contribution >= 0.6 is 12.2 Å². The van der Waals surface area contributed by atoms with Crippen LogP contribution in [0, 0.1) is 0 Å². The predicted molar refractivity (Wildman–Crippen MR) is 134 cm³/mol. The molecule has 0 bridgehead atoms. The molecule has 174 valence electrons. The number of methoxy groups -OCH3 is 1. The van der Waals surface area contributed by atoms with E-state index in [1.54, 1.807) is 18.3 Å². The van der Waals surface area contributed by atoms with Gasteiger partial charge in [-0.05, 0) is 68.5 Å². The van der Waals surface area contributed by atoms with Crippen molar-refractivity contribution in [2.45, 2.75) is 32.0 Å². The maximum absolute atomic E-state index is 11.9. The van der Waals surface area contributed by atoms with Gasteiger partial charge in [0, 0.05) is 29.8 Å². The number of thiocarbonyl (C=S) groups is 1. The molecule has 3 heterocycles. The van der Waals surface area contributed by atoms with E-state index in [1.165, 1.54) is 7.11 Å². The fraction of sp³-hybridized carbons (Fsp3) is 0.304. The van der Waals surface area contributed by atoms with Crippen LogP contribution in [0.4, 0.5) is 11.4 Å². The fourth-order valence-corrected chi connectivity index (χ4v) is 5.09. The zero-order valence-corrected chi connectivity index (χ0v) is 20.5. The van der Waals surface area contributed by atoms with Crippen LogP contribution in [0.1, 0.15) is 43.4 Å². The SMILES string of the molecule is COc1ccc(N2C(=S)N[C@@H](c3ccccn3)[C@H]2c2cccn2C(C)C)cc1NS(C)(=O)=O. The summed E-state index contributed by atoms with van der Waals surface area (Å²) in [6.07, 6.45) is 4.93. The molecule has 33 heavy (non-hydrogen) atoms. The molecule has 0 spiro atoms. The minimum atomic E-state index is -3.50. The van der Waals surface area contributed by atoms with Gasteiger partial charge in [-0.25, -0.2) is 8.42 Å². The maximum Gasteiger partial charge on any atom is 0.229 e. The Hall–Kier alpha value is -3.11. The summed E-state index contributed by atoms with van der Waals surface area (Å²) in [5.41, 5.74) is 3.02. The van der Waals surface area contributed by atoms with Crippen LogP contribution in [0.25, 0.3) is 0 Å². The van der Waals surface area contributed by atoms with Crippen molar-refractivity contribution in [3.63, 3.8) is 0 Å². The number of ether oxygens (including phenoxy) is 1. The van der Waals surface area contributed by atoms with Gasteiger partial charge in [0.15, 0.2) is 5.11 Å². The number of anilines is 2. The summed E-state index contributed by atoms with van der Waals surface area (Å²) in [5, 5.41) is 3.96. The second-order valence-corrected chi connectivity index (χ2v) is 10.3. The van der Waals surface area contributed by atoms with Crippen LogP contribution < -0.4 is 19.7 Å². The summed E-state index contributed by atoms with van der Waals surface area (Å²) in [4.78, 5) is 6.59. The third kappa shape index (κ3) is 4.67. The average molecular weight is 486 g/mol. The first-order chi connectivity index (χ1) is 15.7. The number of hydrogen-bond donors (Lipinski definition) is 2. The van der Waals surface area contributed by atoms with Gasteiger partial charge in [-0.15, -0.1) is 0 Å². The number of aromatic nitrogens is 2. The Morgan fingerprint density at radius 2 is 1.97 bits per heavy atom. The largest absolute Gasteiger partial charge is 0.495 e. The van der Waals surface area contributed by atoms with Crippen molar-refractivity contribution >= 4 is 38.7 Å². The third-order valence-electron chi connectivity index (χ3n) is 5.53. The molecule has 10 heteroatoms. The number of rotatable bonds is 7. The van der Waals surface area contributed by atoms with E-state index in [1.807, 2.05) is 35.2 Å². The molecule has 2 aromatic heterocycles. The molecule has 2 atom stereocenters. The smallest absolute Gasteiger partial charge is 0.229 e. The molecule has 1 aromatic carbocycles. The van der Waals surface area contributed by atoms with E-state index in [-0.39, 0.29) is 18.1 Å². The molecule has 0 amide bonds. The predicted octanol–water partition coefficient (Wildman–Crippen LogP) is 4.02. The quantitative estimate of drug-likeness (QED) is 0.489. The molecular formula is C23H27N5O3S2. The lowest BCUT2D eigenvalue weighted by molar-refractivity contribution is 0.417. The molecule has 1 saturated heterocycles. The zero-order valence-electron chi connectivity index (χ0n) is 18.9. The first kappa shape index (κ1) is 23.1. The van der Waals surface area contributed by atoms with E-state index >= 15 is 0 Å². The molecule has 1 aliphatic heterocycles. The molecule has 2 N–H and O–H groups in total. The van der Waals surface area contributed by atoms with Crippen LogP contribution in [0.15, 0.2) is 60.9 Å². The van der Waals surface area contributed by atoms with E-state index in [9.17, 15) is 8.42 Å². The Bertz CT molecular complexity index is 1260. The van der Waals surface area contributed by atoms with Gasteiger partial charge in [-0.3, -0.25) is 9.71 Å². The summed E-state index contributed by atoms with van der Waals surface area (Å²) < 4.78 is 34.0. The van der Waals surface area contributed by atoms with Gasteiger partial charge in [-0.1, -0.05) is 6.07 Å². The number of sulfonamides is 1. The molecule has 0 aliphatic carbocycles. The number of pyridine rings is 1. The normalized spacial score (nSPS) is 18.5.